The summed E-state index contributed by atoms with van der Waals surface area (Å²) in [6.45, 7) is 2.25. The van der Waals surface area contributed by atoms with Crippen molar-refractivity contribution in [2.24, 2.45) is 0 Å². The minimum Gasteiger partial charge on any atom is -0.393 e. The number of esters is 2. The van der Waals surface area contributed by atoms with Crippen LogP contribution in [0.4, 0.5) is 0 Å². The van der Waals surface area contributed by atoms with Gasteiger partial charge in [-0.15, -0.1) is 0 Å². The highest BCUT2D eigenvalue weighted by Crippen LogP contribution is 2.14. The van der Waals surface area contributed by atoms with Gasteiger partial charge in [0.15, 0.2) is 0 Å². The summed E-state index contributed by atoms with van der Waals surface area (Å²) in [5, 5.41) is 0. The van der Waals surface area contributed by atoms with Crippen LogP contribution in [-0.2, 0) is 20.7 Å². The fraction of sp³-hybridized carbons (Fsp3) is 0.750. The summed E-state index contributed by atoms with van der Waals surface area (Å²) in [5.74, 6) is -0.670. The minimum atomic E-state index is -0.336. The summed E-state index contributed by atoms with van der Waals surface area (Å²) in [5.41, 5.74) is 1.45. The summed E-state index contributed by atoms with van der Waals surface area (Å²) < 4.78 is 4.98. The molecule has 0 radical (unpaired) electrons. The monoisotopic (exact) mass is 486 g/mol. The maximum absolute atomic E-state index is 11.8. The van der Waals surface area contributed by atoms with Crippen molar-refractivity contribution in [2.75, 3.05) is 0 Å². The van der Waals surface area contributed by atoms with Gasteiger partial charge in [0.1, 0.15) is 0 Å². The third-order valence-electron chi connectivity index (χ3n) is 6.90. The molecule has 0 amide bonds. The number of carbonyl (C=O) groups is 2. The molecule has 0 aliphatic heterocycles. The van der Waals surface area contributed by atoms with Crippen LogP contribution in [0.2, 0.25) is 0 Å². The van der Waals surface area contributed by atoms with E-state index < -0.39 is 0 Å². The minimum absolute atomic E-state index is 0.335. The van der Waals surface area contributed by atoms with Gasteiger partial charge in [-0.25, -0.2) is 0 Å². The molecule has 0 unspecified atom stereocenters. The molecule has 0 N–H and O–H groups in total. The van der Waals surface area contributed by atoms with Gasteiger partial charge < -0.3 is 4.74 Å². The van der Waals surface area contributed by atoms with Gasteiger partial charge in [-0.3, -0.25) is 9.59 Å². The van der Waals surface area contributed by atoms with E-state index in [-0.39, 0.29) is 11.9 Å². The number of carbonyl (C=O) groups excluding carboxylic acids is 2. The van der Waals surface area contributed by atoms with Crippen LogP contribution in [0.1, 0.15) is 154 Å². The number of unbranched alkanes of at least 4 members (excludes halogenated alkanes) is 18. The Hall–Kier alpha value is -1.64. The van der Waals surface area contributed by atoms with Crippen molar-refractivity contribution in [2.45, 2.75) is 155 Å². The van der Waals surface area contributed by atoms with Crippen molar-refractivity contribution in [3.8, 4) is 0 Å². The van der Waals surface area contributed by atoms with Crippen LogP contribution < -0.4 is 0 Å². The molecule has 0 aromatic heterocycles. The average molecular weight is 487 g/mol. The van der Waals surface area contributed by atoms with E-state index in [4.69, 9.17) is 4.74 Å². The van der Waals surface area contributed by atoms with Crippen molar-refractivity contribution in [1.29, 1.82) is 0 Å². The Morgan fingerprint density at radius 3 is 1.31 bits per heavy atom. The van der Waals surface area contributed by atoms with E-state index >= 15 is 0 Å². The Kier molecular flexibility index (Phi) is 21.6. The molecular formula is C32H54O3. The average Bonchev–Trinajstić information content (AvgIpc) is 2.86. The van der Waals surface area contributed by atoms with Crippen LogP contribution in [0.5, 0.6) is 0 Å². The first kappa shape index (κ1) is 31.4. The topological polar surface area (TPSA) is 43.4 Å². The van der Waals surface area contributed by atoms with E-state index in [1.54, 1.807) is 0 Å². The van der Waals surface area contributed by atoms with Gasteiger partial charge in [0, 0.05) is 12.8 Å². The van der Waals surface area contributed by atoms with E-state index in [2.05, 4.69) is 37.3 Å². The molecule has 0 aliphatic carbocycles. The van der Waals surface area contributed by atoms with Gasteiger partial charge in [-0.05, 0) is 31.2 Å². The van der Waals surface area contributed by atoms with Crippen molar-refractivity contribution in [1.82, 2.24) is 0 Å². The Morgan fingerprint density at radius 1 is 0.514 bits per heavy atom. The lowest BCUT2D eigenvalue weighted by atomic mass is 10.0. The number of benzene rings is 1. The predicted octanol–water partition coefficient (Wildman–Crippen LogP) is 9.90. The standard InChI is InChI=1S/C32H54O3/c1-2-3-4-5-6-7-11-14-17-23-28-31(33)35-32(34)29-24-18-15-12-9-8-10-13-16-20-25-30-26-21-19-22-27-30/h19,21-22,26-27H,2-18,20,23-25,28-29H2,1H3. The molecule has 0 atom stereocenters. The van der Waals surface area contributed by atoms with Crippen LogP contribution in [-0.4, -0.2) is 11.9 Å². The fourth-order valence-electron chi connectivity index (χ4n) is 4.64. The van der Waals surface area contributed by atoms with Gasteiger partial charge in [-0.1, -0.05) is 146 Å². The van der Waals surface area contributed by atoms with Gasteiger partial charge in [0.25, 0.3) is 0 Å². The summed E-state index contributed by atoms with van der Waals surface area (Å²) >= 11 is 0. The third-order valence-corrected chi connectivity index (χ3v) is 6.90. The largest absolute Gasteiger partial charge is 0.393 e. The molecule has 0 heterocycles. The molecule has 0 saturated heterocycles. The lowest BCUT2D eigenvalue weighted by molar-refractivity contribution is -0.159. The Labute approximate surface area is 216 Å². The molecule has 0 spiro atoms. The molecule has 0 saturated carbocycles. The van der Waals surface area contributed by atoms with Crippen molar-refractivity contribution in [3.05, 3.63) is 35.9 Å². The lowest BCUT2D eigenvalue weighted by Gasteiger charge is -2.05. The van der Waals surface area contributed by atoms with Crippen LogP contribution in [0.3, 0.4) is 0 Å². The molecule has 1 aromatic rings. The summed E-state index contributed by atoms with van der Waals surface area (Å²) in [4.78, 5) is 23.7. The van der Waals surface area contributed by atoms with Crippen molar-refractivity contribution in [3.63, 3.8) is 0 Å². The molecule has 3 heteroatoms. The molecule has 0 fully saturated rings. The zero-order valence-electron chi connectivity index (χ0n) is 22.9. The smallest absolute Gasteiger partial charge is 0.313 e. The SMILES string of the molecule is CCCCCCCCCCCCC(=O)OC(=O)CCCCCCCCCCCCc1ccccc1. The molecule has 1 rings (SSSR count). The highest BCUT2D eigenvalue weighted by Gasteiger charge is 2.09. The zero-order chi connectivity index (χ0) is 25.2. The number of hydrogen-bond donors (Lipinski definition) is 0. The van der Waals surface area contributed by atoms with E-state index in [9.17, 15) is 9.59 Å². The molecule has 0 aliphatic rings. The first-order valence-electron chi connectivity index (χ1n) is 15.0. The summed E-state index contributed by atoms with van der Waals surface area (Å²) in [6, 6.07) is 10.8. The second-order valence-corrected chi connectivity index (χ2v) is 10.3. The Morgan fingerprint density at radius 2 is 0.886 bits per heavy atom. The van der Waals surface area contributed by atoms with Crippen LogP contribution in [0.15, 0.2) is 30.3 Å². The zero-order valence-corrected chi connectivity index (χ0v) is 22.9. The van der Waals surface area contributed by atoms with Gasteiger partial charge in [-0.2, -0.15) is 0 Å². The number of hydrogen-bond acceptors (Lipinski definition) is 3. The van der Waals surface area contributed by atoms with Crippen LogP contribution >= 0.6 is 0 Å². The maximum atomic E-state index is 11.8. The third kappa shape index (κ3) is 21.4. The van der Waals surface area contributed by atoms with Crippen LogP contribution in [0.25, 0.3) is 0 Å². The quantitative estimate of drug-likeness (QED) is 0.0829. The lowest BCUT2D eigenvalue weighted by Crippen LogP contribution is -2.11. The molecule has 1 aromatic carbocycles. The molecule has 35 heavy (non-hydrogen) atoms. The molecule has 200 valence electrons. The van der Waals surface area contributed by atoms with Gasteiger partial charge in [0.2, 0.25) is 0 Å². The normalized spacial score (nSPS) is 11.0. The molecule has 0 bridgehead atoms. The summed E-state index contributed by atoms with van der Waals surface area (Å²) in [6.07, 6.45) is 26.6. The number of rotatable bonds is 24. The summed E-state index contributed by atoms with van der Waals surface area (Å²) in [7, 11) is 0. The first-order valence-corrected chi connectivity index (χ1v) is 15.0. The fourth-order valence-corrected chi connectivity index (χ4v) is 4.64. The van der Waals surface area contributed by atoms with E-state index in [1.165, 1.54) is 115 Å². The molecule has 3 nitrogen and oxygen atoms in total. The first-order chi connectivity index (χ1) is 17.2. The highest BCUT2D eigenvalue weighted by molar-refractivity contribution is 5.85. The van der Waals surface area contributed by atoms with Crippen molar-refractivity contribution >= 4 is 11.9 Å². The number of ether oxygens (including phenoxy) is 1. The van der Waals surface area contributed by atoms with E-state index in [1.807, 2.05) is 0 Å². The van der Waals surface area contributed by atoms with Gasteiger partial charge in [0.05, 0.1) is 0 Å². The highest BCUT2D eigenvalue weighted by atomic mass is 16.6. The van der Waals surface area contributed by atoms with Gasteiger partial charge >= 0.3 is 11.9 Å². The predicted molar refractivity (Wildman–Crippen MR) is 148 cm³/mol. The van der Waals surface area contributed by atoms with E-state index in [0.717, 1.165) is 25.7 Å². The maximum Gasteiger partial charge on any atom is 0.313 e. The van der Waals surface area contributed by atoms with Crippen LogP contribution in [0, 0.1) is 0 Å². The second kappa shape index (κ2) is 24.1. The second-order valence-electron chi connectivity index (χ2n) is 10.3. The van der Waals surface area contributed by atoms with Crippen molar-refractivity contribution < 1.29 is 14.3 Å². The Bertz CT molecular complexity index is 610. The Balaban J connectivity index is 1.79. The van der Waals surface area contributed by atoms with E-state index in [0.29, 0.717) is 12.8 Å². The number of aryl methyl sites for hydroxylation is 1. The molecular weight excluding hydrogens is 432 g/mol.